The Balaban J connectivity index is 1.46. The van der Waals surface area contributed by atoms with Gasteiger partial charge >= 0.3 is 0 Å². The molecule has 2 aliphatic heterocycles. The molecule has 2 aromatic rings. The number of likely N-dealkylation sites (tertiary alicyclic amines) is 1. The molecule has 2 aliphatic rings. The fourth-order valence-corrected chi connectivity index (χ4v) is 4.94. The summed E-state index contributed by atoms with van der Waals surface area (Å²) in [6.07, 6.45) is 1.72. The number of nitrogens with one attached hydrogen (secondary N) is 1. The van der Waals surface area contributed by atoms with Crippen molar-refractivity contribution in [3.05, 3.63) is 65.7 Å². The number of nitrogens with zero attached hydrogens (tertiary/aromatic N) is 2. The Hall–Kier alpha value is -2.90. The molecule has 7 nitrogen and oxygen atoms in total. The molecule has 1 atom stereocenters. The fraction of sp³-hybridized carbons (Fsp3) is 0.462. The molecule has 0 aromatic heterocycles. The number of hydrogen-bond donors (Lipinski definition) is 1. The summed E-state index contributed by atoms with van der Waals surface area (Å²) in [6, 6.07) is 17.4. The topological polar surface area (TPSA) is 71.1 Å². The van der Waals surface area contributed by atoms with Gasteiger partial charge in [-0.2, -0.15) is 0 Å². The summed E-state index contributed by atoms with van der Waals surface area (Å²) in [6.45, 7) is 3.14. The highest BCUT2D eigenvalue weighted by Gasteiger charge is 2.53. The van der Waals surface area contributed by atoms with Crippen LogP contribution in [0.1, 0.15) is 24.0 Å². The van der Waals surface area contributed by atoms with Crippen molar-refractivity contribution in [1.82, 2.24) is 15.1 Å². The summed E-state index contributed by atoms with van der Waals surface area (Å²) in [5.41, 5.74) is 1.43. The number of benzene rings is 2. The molecular formula is C26H33N3O4. The molecule has 176 valence electrons. The zero-order valence-electron chi connectivity index (χ0n) is 19.5. The smallest absolute Gasteiger partial charge is 0.246 e. The third-order valence-electron chi connectivity index (χ3n) is 6.86. The maximum atomic E-state index is 13.5. The molecule has 4 rings (SSSR count). The lowest BCUT2D eigenvalue weighted by Gasteiger charge is -2.51. The number of rotatable bonds is 8. The third-order valence-corrected chi connectivity index (χ3v) is 6.86. The average molecular weight is 452 g/mol. The van der Waals surface area contributed by atoms with Crippen molar-refractivity contribution in [1.29, 1.82) is 0 Å². The second-order valence-electron chi connectivity index (χ2n) is 8.85. The Labute approximate surface area is 195 Å². The SMILES string of the molecule is COCCN1C(=O)C(Cc2ccccc2)NC(=O)C12CCN(Cc1ccc(OC)cc1)CC2. The lowest BCUT2D eigenvalue weighted by Crippen LogP contribution is -2.73. The van der Waals surface area contributed by atoms with Crippen LogP contribution in [-0.2, 0) is 27.3 Å². The summed E-state index contributed by atoms with van der Waals surface area (Å²) >= 11 is 0. The van der Waals surface area contributed by atoms with Crippen molar-refractivity contribution in [2.45, 2.75) is 37.4 Å². The van der Waals surface area contributed by atoms with Crippen LogP contribution in [0.4, 0.5) is 0 Å². The van der Waals surface area contributed by atoms with Crippen molar-refractivity contribution in [3.8, 4) is 5.75 Å². The van der Waals surface area contributed by atoms with Gasteiger partial charge in [0.25, 0.3) is 0 Å². The largest absolute Gasteiger partial charge is 0.497 e. The zero-order chi connectivity index (χ0) is 23.3. The Morgan fingerprint density at radius 3 is 2.30 bits per heavy atom. The quantitative estimate of drug-likeness (QED) is 0.667. The first-order valence-electron chi connectivity index (χ1n) is 11.6. The van der Waals surface area contributed by atoms with Gasteiger partial charge in [0.1, 0.15) is 17.3 Å². The molecule has 1 spiro atoms. The van der Waals surface area contributed by atoms with Gasteiger partial charge < -0.3 is 19.7 Å². The summed E-state index contributed by atoms with van der Waals surface area (Å²) in [4.78, 5) is 31.1. The number of methoxy groups -OCH3 is 2. The van der Waals surface area contributed by atoms with Crippen LogP contribution < -0.4 is 10.1 Å². The van der Waals surface area contributed by atoms with Gasteiger partial charge in [0.15, 0.2) is 0 Å². The molecule has 2 aromatic carbocycles. The number of piperazine rings is 1. The van der Waals surface area contributed by atoms with Crippen molar-refractivity contribution in [3.63, 3.8) is 0 Å². The minimum Gasteiger partial charge on any atom is -0.497 e. The molecule has 7 heteroatoms. The number of piperidine rings is 1. The van der Waals surface area contributed by atoms with E-state index in [1.54, 1.807) is 19.1 Å². The van der Waals surface area contributed by atoms with Crippen LogP contribution in [0.15, 0.2) is 54.6 Å². The first-order valence-corrected chi connectivity index (χ1v) is 11.6. The van der Waals surface area contributed by atoms with E-state index in [4.69, 9.17) is 9.47 Å². The zero-order valence-corrected chi connectivity index (χ0v) is 19.5. The van der Waals surface area contributed by atoms with Gasteiger partial charge in [0.2, 0.25) is 11.8 Å². The molecule has 2 fully saturated rings. The van der Waals surface area contributed by atoms with Gasteiger partial charge in [-0.05, 0) is 36.1 Å². The molecule has 2 saturated heterocycles. The van der Waals surface area contributed by atoms with Crippen LogP contribution in [0.25, 0.3) is 0 Å². The molecule has 0 bridgehead atoms. The first kappa shape index (κ1) is 23.3. The van der Waals surface area contributed by atoms with E-state index in [9.17, 15) is 9.59 Å². The summed E-state index contributed by atoms with van der Waals surface area (Å²) in [7, 11) is 3.29. The number of hydrogen-bond acceptors (Lipinski definition) is 5. The molecule has 2 heterocycles. The minimum atomic E-state index is -0.806. The highest BCUT2D eigenvalue weighted by Crippen LogP contribution is 2.34. The lowest BCUT2D eigenvalue weighted by molar-refractivity contribution is -0.162. The van der Waals surface area contributed by atoms with Crippen LogP contribution in [0.2, 0.25) is 0 Å². The van der Waals surface area contributed by atoms with Crippen LogP contribution in [0.5, 0.6) is 5.75 Å². The highest BCUT2D eigenvalue weighted by atomic mass is 16.5. The van der Waals surface area contributed by atoms with Crippen LogP contribution in [0, 0.1) is 0 Å². The standard InChI is InChI=1S/C26H33N3O4/c1-32-17-16-29-24(30)23(18-20-6-4-3-5-7-20)27-25(31)26(29)12-14-28(15-13-26)19-21-8-10-22(33-2)11-9-21/h3-11,23H,12-19H2,1-2H3,(H,27,31). The summed E-state index contributed by atoms with van der Waals surface area (Å²) in [5, 5.41) is 3.06. The molecule has 1 N–H and O–H groups in total. The predicted molar refractivity (Wildman–Crippen MR) is 126 cm³/mol. The predicted octanol–water partition coefficient (Wildman–Crippen LogP) is 2.25. The number of carbonyl (C=O) groups is 2. The summed E-state index contributed by atoms with van der Waals surface area (Å²) in [5.74, 6) is 0.787. The van der Waals surface area contributed by atoms with E-state index in [0.717, 1.165) is 30.9 Å². The van der Waals surface area contributed by atoms with E-state index in [-0.39, 0.29) is 11.8 Å². The first-order chi connectivity index (χ1) is 16.1. The maximum Gasteiger partial charge on any atom is 0.246 e. The molecule has 0 saturated carbocycles. The average Bonchev–Trinajstić information content (AvgIpc) is 2.85. The Morgan fingerprint density at radius 1 is 0.970 bits per heavy atom. The van der Waals surface area contributed by atoms with Gasteiger partial charge in [-0.25, -0.2) is 0 Å². The highest BCUT2D eigenvalue weighted by molar-refractivity contribution is 6.00. The van der Waals surface area contributed by atoms with E-state index in [2.05, 4.69) is 22.3 Å². The second-order valence-corrected chi connectivity index (χ2v) is 8.85. The van der Waals surface area contributed by atoms with Crippen molar-refractivity contribution in [2.75, 3.05) is 40.5 Å². The third kappa shape index (κ3) is 5.04. The molecule has 2 amide bonds. The van der Waals surface area contributed by atoms with Gasteiger partial charge in [-0.3, -0.25) is 14.5 Å². The van der Waals surface area contributed by atoms with Gasteiger partial charge in [-0.15, -0.1) is 0 Å². The Morgan fingerprint density at radius 2 is 1.67 bits per heavy atom. The van der Waals surface area contributed by atoms with Gasteiger partial charge in [0, 0.05) is 39.7 Å². The van der Waals surface area contributed by atoms with Gasteiger partial charge in [-0.1, -0.05) is 42.5 Å². The van der Waals surface area contributed by atoms with Crippen molar-refractivity contribution in [2.24, 2.45) is 0 Å². The molecule has 0 aliphatic carbocycles. The van der Waals surface area contributed by atoms with Crippen LogP contribution >= 0.6 is 0 Å². The normalized spacial score (nSPS) is 20.7. The lowest BCUT2D eigenvalue weighted by atomic mass is 9.81. The number of carbonyl (C=O) groups excluding carboxylic acids is 2. The molecule has 33 heavy (non-hydrogen) atoms. The Kier molecular flexibility index (Phi) is 7.30. The molecular weight excluding hydrogens is 418 g/mol. The van der Waals surface area contributed by atoms with Crippen molar-refractivity contribution < 1.29 is 19.1 Å². The molecule has 0 radical (unpaired) electrons. The number of ether oxygens (including phenoxy) is 2. The minimum absolute atomic E-state index is 0.0147. The molecule has 1 unspecified atom stereocenters. The fourth-order valence-electron chi connectivity index (χ4n) is 4.94. The van der Waals surface area contributed by atoms with Crippen LogP contribution in [-0.4, -0.2) is 73.7 Å². The number of amides is 2. The monoisotopic (exact) mass is 451 g/mol. The van der Waals surface area contributed by atoms with E-state index < -0.39 is 11.6 Å². The second kappa shape index (κ2) is 10.4. The summed E-state index contributed by atoms with van der Waals surface area (Å²) < 4.78 is 10.5. The van der Waals surface area contributed by atoms with E-state index in [1.165, 1.54) is 5.56 Å². The maximum absolute atomic E-state index is 13.5. The Bertz CT molecular complexity index is 940. The van der Waals surface area contributed by atoms with Crippen molar-refractivity contribution >= 4 is 11.8 Å². The van der Waals surface area contributed by atoms with E-state index in [1.807, 2.05) is 42.5 Å². The van der Waals surface area contributed by atoms with E-state index >= 15 is 0 Å². The van der Waals surface area contributed by atoms with Gasteiger partial charge in [0.05, 0.1) is 13.7 Å². The van der Waals surface area contributed by atoms with Crippen LogP contribution in [0.3, 0.4) is 0 Å². The van der Waals surface area contributed by atoms with E-state index in [0.29, 0.717) is 32.4 Å².